The lowest BCUT2D eigenvalue weighted by atomic mass is 9.90. The Bertz CT molecular complexity index is 596. The second-order valence-electron chi connectivity index (χ2n) is 4.64. The smallest absolute Gasteiger partial charge is 0.168 e. The molecular formula is C13H13NO3. The van der Waals surface area contributed by atoms with Crippen LogP contribution < -0.4 is 0 Å². The van der Waals surface area contributed by atoms with Gasteiger partial charge in [0, 0.05) is 5.39 Å². The van der Waals surface area contributed by atoms with Crippen LogP contribution in [0, 0.1) is 6.92 Å². The van der Waals surface area contributed by atoms with Crippen LogP contribution in [0.2, 0.25) is 0 Å². The van der Waals surface area contributed by atoms with E-state index >= 15 is 0 Å². The standard InChI is InChI=1S/C13H13NO3/c1-8-10-6-9(2-3-11(10)17-14-8)13(4-5-13)12(16)7-15/h2-3,6,15H,4-5,7H2,1H3. The lowest BCUT2D eigenvalue weighted by Gasteiger charge is -2.12. The van der Waals surface area contributed by atoms with Crippen LogP contribution in [-0.4, -0.2) is 22.7 Å². The number of aromatic nitrogens is 1. The first-order chi connectivity index (χ1) is 8.17. The number of aliphatic hydroxyl groups excluding tert-OH is 1. The quantitative estimate of drug-likeness (QED) is 0.873. The zero-order valence-electron chi connectivity index (χ0n) is 9.56. The summed E-state index contributed by atoms with van der Waals surface area (Å²) in [5.74, 6) is -0.0917. The number of aliphatic hydroxyl groups is 1. The number of carbonyl (C=O) groups excluding carboxylic acids is 1. The summed E-state index contributed by atoms with van der Waals surface area (Å²) in [5, 5.41) is 13.9. The van der Waals surface area contributed by atoms with Crippen molar-refractivity contribution in [1.82, 2.24) is 5.16 Å². The van der Waals surface area contributed by atoms with E-state index in [4.69, 9.17) is 9.63 Å². The minimum Gasteiger partial charge on any atom is -0.389 e. The number of Topliss-reactive ketones (excluding diaryl/α,β-unsaturated/α-hetero) is 1. The summed E-state index contributed by atoms with van der Waals surface area (Å²) in [4.78, 5) is 11.8. The Balaban J connectivity index is 2.12. The molecule has 0 unspecified atom stereocenters. The molecule has 0 bridgehead atoms. The number of benzene rings is 1. The number of carbonyl (C=O) groups is 1. The molecule has 3 rings (SSSR count). The topological polar surface area (TPSA) is 63.3 Å². The molecular weight excluding hydrogens is 218 g/mol. The van der Waals surface area contributed by atoms with E-state index in [0.29, 0.717) is 0 Å². The fourth-order valence-electron chi connectivity index (χ4n) is 2.36. The highest BCUT2D eigenvalue weighted by molar-refractivity contribution is 5.95. The van der Waals surface area contributed by atoms with Crippen LogP contribution in [0.15, 0.2) is 22.7 Å². The fourth-order valence-corrected chi connectivity index (χ4v) is 2.36. The molecule has 1 aromatic heterocycles. The molecule has 0 radical (unpaired) electrons. The average molecular weight is 231 g/mol. The van der Waals surface area contributed by atoms with E-state index in [0.717, 1.165) is 35.1 Å². The number of fused-ring (bicyclic) bond motifs is 1. The molecule has 0 saturated heterocycles. The van der Waals surface area contributed by atoms with Crippen molar-refractivity contribution < 1.29 is 14.4 Å². The maximum Gasteiger partial charge on any atom is 0.168 e. The van der Waals surface area contributed by atoms with Crippen LogP contribution in [-0.2, 0) is 10.2 Å². The Hall–Kier alpha value is -1.68. The second-order valence-corrected chi connectivity index (χ2v) is 4.64. The van der Waals surface area contributed by atoms with E-state index in [1.54, 1.807) is 0 Å². The van der Waals surface area contributed by atoms with E-state index in [9.17, 15) is 4.79 Å². The van der Waals surface area contributed by atoms with E-state index in [-0.39, 0.29) is 12.4 Å². The molecule has 0 aliphatic heterocycles. The Kier molecular flexibility index (Phi) is 2.10. The van der Waals surface area contributed by atoms with E-state index in [2.05, 4.69) is 5.16 Å². The highest BCUT2D eigenvalue weighted by atomic mass is 16.5. The van der Waals surface area contributed by atoms with E-state index < -0.39 is 5.41 Å². The molecule has 0 atom stereocenters. The Morgan fingerprint density at radius 1 is 1.53 bits per heavy atom. The first-order valence-electron chi connectivity index (χ1n) is 5.68. The molecule has 1 saturated carbocycles. The van der Waals surface area contributed by atoms with Gasteiger partial charge in [0.25, 0.3) is 0 Å². The Labute approximate surface area is 98.2 Å². The van der Waals surface area contributed by atoms with Crippen molar-refractivity contribution in [3.05, 3.63) is 29.5 Å². The zero-order valence-corrected chi connectivity index (χ0v) is 9.56. The number of aryl methyl sites for hydroxylation is 1. The molecule has 1 aliphatic carbocycles. The van der Waals surface area contributed by atoms with Crippen LogP contribution in [0.25, 0.3) is 11.0 Å². The van der Waals surface area contributed by atoms with Gasteiger partial charge in [0.2, 0.25) is 0 Å². The maximum atomic E-state index is 11.8. The van der Waals surface area contributed by atoms with Crippen LogP contribution in [0.3, 0.4) is 0 Å². The number of hydrogen-bond donors (Lipinski definition) is 1. The van der Waals surface area contributed by atoms with E-state index in [1.165, 1.54) is 0 Å². The van der Waals surface area contributed by atoms with E-state index in [1.807, 2.05) is 25.1 Å². The highest BCUT2D eigenvalue weighted by Gasteiger charge is 2.50. The first kappa shape index (κ1) is 10.5. The fraction of sp³-hybridized carbons (Fsp3) is 0.385. The van der Waals surface area contributed by atoms with Crippen LogP contribution in [0.1, 0.15) is 24.1 Å². The third-order valence-electron chi connectivity index (χ3n) is 3.63. The van der Waals surface area contributed by atoms with Crippen LogP contribution in [0.4, 0.5) is 0 Å². The molecule has 4 nitrogen and oxygen atoms in total. The van der Waals surface area contributed by atoms with Gasteiger partial charge in [0.1, 0.15) is 6.61 Å². The van der Waals surface area contributed by atoms with Crippen molar-refractivity contribution in [3.63, 3.8) is 0 Å². The highest BCUT2D eigenvalue weighted by Crippen LogP contribution is 2.49. The monoisotopic (exact) mass is 231 g/mol. The summed E-state index contributed by atoms with van der Waals surface area (Å²) in [6, 6.07) is 5.70. The predicted octanol–water partition coefficient (Wildman–Crippen LogP) is 1.73. The summed E-state index contributed by atoms with van der Waals surface area (Å²) in [7, 11) is 0. The van der Waals surface area contributed by atoms with Gasteiger partial charge in [0.15, 0.2) is 11.4 Å². The molecule has 88 valence electrons. The van der Waals surface area contributed by atoms with Crippen molar-refractivity contribution in [1.29, 1.82) is 0 Å². The van der Waals surface area contributed by atoms with Gasteiger partial charge in [-0.1, -0.05) is 11.2 Å². The van der Waals surface area contributed by atoms with Gasteiger partial charge in [-0.25, -0.2) is 0 Å². The average Bonchev–Trinajstić information content (AvgIpc) is 3.09. The predicted molar refractivity (Wildman–Crippen MR) is 61.8 cm³/mol. The maximum absolute atomic E-state index is 11.8. The van der Waals surface area contributed by atoms with Crippen LogP contribution >= 0.6 is 0 Å². The summed E-state index contributed by atoms with van der Waals surface area (Å²) in [6.07, 6.45) is 1.64. The molecule has 4 heteroatoms. The summed E-state index contributed by atoms with van der Waals surface area (Å²) in [5.41, 5.74) is 2.08. The molecule has 1 aliphatic rings. The van der Waals surface area contributed by atoms with Crippen molar-refractivity contribution in [2.75, 3.05) is 6.61 Å². The molecule has 17 heavy (non-hydrogen) atoms. The van der Waals surface area contributed by atoms with Crippen molar-refractivity contribution >= 4 is 16.8 Å². The van der Waals surface area contributed by atoms with Gasteiger partial charge < -0.3 is 9.63 Å². The molecule has 1 N–H and O–H groups in total. The largest absolute Gasteiger partial charge is 0.389 e. The summed E-state index contributed by atoms with van der Waals surface area (Å²) < 4.78 is 5.14. The molecule has 0 spiro atoms. The Morgan fingerprint density at radius 2 is 2.29 bits per heavy atom. The molecule has 2 aromatic rings. The number of rotatable bonds is 3. The van der Waals surface area contributed by atoms with Gasteiger partial charge in [-0.05, 0) is 37.5 Å². The van der Waals surface area contributed by atoms with Crippen LogP contribution in [0.5, 0.6) is 0 Å². The lowest BCUT2D eigenvalue weighted by molar-refractivity contribution is -0.124. The molecule has 1 aromatic carbocycles. The lowest BCUT2D eigenvalue weighted by Crippen LogP contribution is -2.23. The normalized spacial score (nSPS) is 17.3. The molecule has 0 amide bonds. The number of ketones is 1. The second kappa shape index (κ2) is 3.40. The Morgan fingerprint density at radius 3 is 2.94 bits per heavy atom. The number of hydrogen-bond acceptors (Lipinski definition) is 4. The van der Waals surface area contributed by atoms with Crippen molar-refractivity contribution in [2.45, 2.75) is 25.2 Å². The SMILES string of the molecule is Cc1noc2ccc(C3(C(=O)CO)CC3)cc12. The first-order valence-corrected chi connectivity index (χ1v) is 5.68. The third kappa shape index (κ3) is 1.41. The van der Waals surface area contributed by atoms with Crippen molar-refractivity contribution in [2.24, 2.45) is 0 Å². The zero-order chi connectivity index (χ0) is 12.0. The minimum atomic E-state index is -0.452. The van der Waals surface area contributed by atoms with Gasteiger partial charge in [0.05, 0.1) is 11.1 Å². The molecule has 1 fully saturated rings. The van der Waals surface area contributed by atoms with Crippen molar-refractivity contribution in [3.8, 4) is 0 Å². The van der Waals surface area contributed by atoms with Gasteiger partial charge in [-0.3, -0.25) is 4.79 Å². The number of nitrogens with zero attached hydrogens (tertiary/aromatic N) is 1. The summed E-state index contributed by atoms with van der Waals surface area (Å²) in [6.45, 7) is 1.49. The minimum absolute atomic E-state index is 0.0917. The van der Waals surface area contributed by atoms with Gasteiger partial charge in [-0.15, -0.1) is 0 Å². The summed E-state index contributed by atoms with van der Waals surface area (Å²) >= 11 is 0. The van der Waals surface area contributed by atoms with Gasteiger partial charge in [-0.2, -0.15) is 0 Å². The third-order valence-corrected chi connectivity index (χ3v) is 3.63. The molecule has 1 heterocycles. The van der Waals surface area contributed by atoms with Gasteiger partial charge >= 0.3 is 0 Å².